The van der Waals surface area contributed by atoms with Crippen LogP contribution in [0, 0.1) is 5.92 Å². The third kappa shape index (κ3) is 2.96. The molecule has 2 aliphatic rings. The number of hydrogen-bond acceptors (Lipinski definition) is 3. The third-order valence-corrected chi connectivity index (χ3v) is 4.61. The van der Waals surface area contributed by atoms with Crippen LogP contribution in [0.2, 0.25) is 0 Å². The molecule has 0 saturated carbocycles. The van der Waals surface area contributed by atoms with Crippen LogP contribution in [0.25, 0.3) is 0 Å². The molecule has 0 spiro atoms. The van der Waals surface area contributed by atoms with Crippen LogP contribution in [-0.4, -0.2) is 25.9 Å². The van der Waals surface area contributed by atoms with E-state index in [1.54, 1.807) is 0 Å². The van der Waals surface area contributed by atoms with Crippen LogP contribution in [0.3, 0.4) is 0 Å². The molecule has 1 aromatic rings. The maximum absolute atomic E-state index is 6.40. The van der Waals surface area contributed by atoms with Gasteiger partial charge in [0.1, 0.15) is 5.75 Å². The summed E-state index contributed by atoms with van der Waals surface area (Å²) in [5.41, 5.74) is 8.96. The van der Waals surface area contributed by atoms with E-state index in [1.165, 1.54) is 11.1 Å². The van der Waals surface area contributed by atoms with E-state index in [0.29, 0.717) is 5.92 Å². The molecule has 0 amide bonds. The van der Waals surface area contributed by atoms with Gasteiger partial charge in [0, 0.05) is 30.1 Å². The first-order valence-electron chi connectivity index (χ1n) is 7.01. The molecule has 19 heavy (non-hydrogen) atoms. The summed E-state index contributed by atoms with van der Waals surface area (Å²) in [5, 5.41) is 0. The van der Waals surface area contributed by atoms with Gasteiger partial charge in [-0.15, -0.1) is 0 Å². The Bertz CT molecular complexity index is 458. The van der Waals surface area contributed by atoms with Gasteiger partial charge in [-0.1, -0.05) is 15.9 Å². The average molecular weight is 326 g/mol. The summed E-state index contributed by atoms with van der Waals surface area (Å²) in [6.07, 6.45) is 4.07. The summed E-state index contributed by atoms with van der Waals surface area (Å²) in [6, 6.07) is 4.52. The van der Waals surface area contributed by atoms with Crippen molar-refractivity contribution in [1.29, 1.82) is 0 Å². The normalized spacial score (nSPS) is 20.9. The third-order valence-electron chi connectivity index (χ3n) is 4.15. The van der Waals surface area contributed by atoms with Gasteiger partial charge in [0.05, 0.1) is 6.61 Å². The van der Waals surface area contributed by atoms with E-state index in [2.05, 4.69) is 28.1 Å². The van der Waals surface area contributed by atoms with Crippen molar-refractivity contribution in [3.8, 4) is 5.75 Å². The van der Waals surface area contributed by atoms with Crippen molar-refractivity contribution in [1.82, 2.24) is 0 Å². The molecule has 4 heteroatoms. The Morgan fingerprint density at radius 3 is 2.84 bits per heavy atom. The fraction of sp³-hybridized carbons (Fsp3) is 0.600. The quantitative estimate of drug-likeness (QED) is 0.929. The molecule has 0 aliphatic carbocycles. The van der Waals surface area contributed by atoms with Gasteiger partial charge in [-0.3, -0.25) is 0 Å². The Hall–Kier alpha value is -0.580. The lowest BCUT2D eigenvalue weighted by molar-refractivity contribution is 0.0584. The zero-order valence-electron chi connectivity index (χ0n) is 11.0. The number of nitrogens with two attached hydrogens (primary N) is 1. The Morgan fingerprint density at radius 1 is 1.26 bits per heavy atom. The average Bonchev–Trinajstić information content (AvgIpc) is 2.88. The zero-order chi connectivity index (χ0) is 13.2. The molecule has 104 valence electrons. The van der Waals surface area contributed by atoms with E-state index in [4.69, 9.17) is 15.2 Å². The first kappa shape index (κ1) is 13.4. The van der Waals surface area contributed by atoms with Crippen molar-refractivity contribution in [2.24, 2.45) is 11.7 Å². The fourth-order valence-corrected chi connectivity index (χ4v) is 3.61. The monoisotopic (exact) mass is 325 g/mol. The Kier molecular flexibility index (Phi) is 4.10. The minimum Gasteiger partial charge on any atom is -0.493 e. The molecule has 0 bridgehead atoms. The van der Waals surface area contributed by atoms with E-state index in [0.717, 1.165) is 55.7 Å². The highest BCUT2D eigenvalue weighted by Gasteiger charge is 2.24. The van der Waals surface area contributed by atoms with Crippen LogP contribution in [0.15, 0.2) is 16.6 Å². The molecule has 2 N–H and O–H groups in total. The molecule has 1 unspecified atom stereocenters. The second kappa shape index (κ2) is 5.81. The number of benzene rings is 1. The molecule has 1 atom stereocenters. The molecular weight excluding hydrogens is 306 g/mol. The van der Waals surface area contributed by atoms with E-state index in [-0.39, 0.29) is 6.04 Å². The summed E-state index contributed by atoms with van der Waals surface area (Å²) in [6.45, 7) is 2.50. The predicted molar refractivity (Wildman–Crippen MR) is 78.6 cm³/mol. The highest BCUT2D eigenvalue weighted by Crippen LogP contribution is 2.34. The number of halogens is 1. The van der Waals surface area contributed by atoms with Gasteiger partial charge in [0.25, 0.3) is 0 Å². The van der Waals surface area contributed by atoms with Gasteiger partial charge in [-0.2, -0.15) is 0 Å². The standard InChI is InChI=1S/C15H20BrNO2/c16-13-7-11-3-6-19-15(11)12(8-13)9-14(17)10-1-4-18-5-2-10/h7-8,10,14H,1-6,9,17H2. The molecule has 2 heterocycles. The van der Waals surface area contributed by atoms with Crippen molar-refractivity contribution < 1.29 is 9.47 Å². The van der Waals surface area contributed by atoms with Crippen molar-refractivity contribution in [2.75, 3.05) is 19.8 Å². The summed E-state index contributed by atoms with van der Waals surface area (Å²) < 4.78 is 12.3. The molecule has 0 aromatic heterocycles. The first-order chi connectivity index (χ1) is 9.24. The lowest BCUT2D eigenvalue weighted by Gasteiger charge is -2.28. The van der Waals surface area contributed by atoms with E-state index in [1.807, 2.05) is 0 Å². The van der Waals surface area contributed by atoms with Gasteiger partial charge in [-0.05, 0) is 48.4 Å². The summed E-state index contributed by atoms with van der Waals surface area (Å²) in [5.74, 6) is 1.65. The summed E-state index contributed by atoms with van der Waals surface area (Å²) in [4.78, 5) is 0. The summed E-state index contributed by atoms with van der Waals surface area (Å²) >= 11 is 3.59. The van der Waals surface area contributed by atoms with Crippen LogP contribution >= 0.6 is 15.9 Å². The van der Waals surface area contributed by atoms with Crippen molar-refractivity contribution in [3.05, 3.63) is 27.7 Å². The Labute approximate surface area is 122 Å². The number of rotatable bonds is 3. The zero-order valence-corrected chi connectivity index (χ0v) is 12.6. The maximum Gasteiger partial charge on any atom is 0.125 e. The van der Waals surface area contributed by atoms with Gasteiger partial charge in [0.15, 0.2) is 0 Å². The van der Waals surface area contributed by atoms with Gasteiger partial charge >= 0.3 is 0 Å². The predicted octanol–water partition coefficient (Wildman–Crippen LogP) is 2.68. The molecule has 2 aliphatic heterocycles. The Balaban J connectivity index is 1.75. The van der Waals surface area contributed by atoms with Gasteiger partial charge in [-0.25, -0.2) is 0 Å². The van der Waals surface area contributed by atoms with E-state index in [9.17, 15) is 0 Å². The highest BCUT2D eigenvalue weighted by molar-refractivity contribution is 9.10. The number of fused-ring (bicyclic) bond motifs is 1. The van der Waals surface area contributed by atoms with Crippen LogP contribution in [0.1, 0.15) is 24.0 Å². The van der Waals surface area contributed by atoms with E-state index < -0.39 is 0 Å². The van der Waals surface area contributed by atoms with Crippen LogP contribution in [0.5, 0.6) is 5.75 Å². The maximum atomic E-state index is 6.40. The first-order valence-corrected chi connectivity index (χ1v) is 7.81. The number of hydrogen-bond donors (Lipinski definition) is 1. The number of ether oxygens (including phenoxy) is 2. The molecule has 3 nitrogen and oxygen atoms in total. The molecule has 0 radical (unpaired) electrons. The molecule has 3 rings (SSSR count). The van der Waals surface area contributed by atoms with Crippen molar-refractivity contribution in [3.63, 3.8) is 0 Å². The smallest absolute Gasteiger partial charge is 0.125 e. The largest absolute Gasteiger partial charge is 0.493 e. The second-order valence-corrected chi connectivity index (χ2v) is 6.39. The second-order valence-electron chi connectivity index (χ2n) is 5.47. The van der Waals surface area contributed by atoms with Crippen LogP contribution in [0.4, 0.5) is 0 Å². The summed E-state index contributed by atoms with van der Waals surface area (Å²) in [7, 11) is 0. The van der Waals surface area contributed by atoms with Gasteiger partial charge < -0.3 is 15.2 Å². The Morgan fingerprint density at radius 2 is 2.05 bits per heavy atom. The molecule has 1 aromatic carbocycles. The minimum atomic E-state index is 0.200. The topological polar surface area (TPSA) is 44.5 Å². The van der Waals surface area contributed by atoms with Crippen molar-refractivity contribution >= 4 is 15.9 Å². The fourth-order valence-electron chi connectivity index (χ4n) is 3.06. The lowest BCUT2D eigenvalue weighted by Crippen LogP contribution is -2.36. The SMILES string of the molecule is NC(Cc1cc(Br)cc2c1OCC2)C1CCOCC1. The molecular formula is C15H20BrNO2. The van der Waals surface area contributed by atoms with Crippen LogP contribution in [-0.2, 0) is 17.6 Å². The van der Waals surface area contributed by atoms with E-state index >= 15 is 0 Å². The lowest BCUT2D eigenvalue weighted by atomic mass is 9.88. The van der Waals surface area contributed by atoms with Crippen LogP contribution < -0.4 is 10.5 Å². The molecule has 1 fully saturated rings. The molecule has 1 saturated heterocycles. The van der Waals surface area contributed by atoms with Crippen molar-refractivity contribution in [2.45, 2.75) is 31.7 Å². The van der Waals surface area contributed by atoms with Gasteiger partial charge in [0.2, 0.25) is 0 Å². The highest BCUT2D eigenvalue weighted by atomic mass is 79.9. The minimum absolute atomic E-state index is 0.200.